The Hall–Kier alpha value is -2.50. The van der Waals surface area contributed by atoms with Gasteiger partial charge >= 0.3 is 5.97 Å². The van der Waals surface area contributed by atoms with Crippen LogP contribution >= 0.6 is 0 Å². The van der Waals surface area contributed by atoms with Crippen LogP contribution in [0, 0.1) is 5.92 Å². The Kier molecular flexibility index (Phi) is 5.03. The Balaban J connectivity index is 1.77. The minimum absolute atomic E-state index is 0.0183. The van der Waals surface area contributed by atoms with Gasteiger partial charge in [0.05, 0.1) is 13.0 Å². The Bertz CT molecular complexity index is 705. The molecule has 0 unspecified atom stereocenters. The molecule has 1 fully saturated rings. The molecule has 0 saturated heterocycles. The predicted molar refractivity (Wildman–Crippen MR) is 91.4 cm³/mol. The van der Waals surface area contributed by atoms with Gasteiger partial charge in [-0.1, -0.05) is 13.0 Å². The van der Waals surface area contributed by atoms with E-state index in [9.17, 15) is 4.79 Å². The van der Waals surface area contributed by atoms with Crippen LogP contribution in [0.25, 0.3) is 11.5 Å². The number of nitrogens with one attached hydrogen (secondary N) is 1. The van der Waals surface area contributed by atoms with Crippen molar-refractivity contribution in [2.75, 3.05) is 12.4 Å². The Morgan fingerprint density at radius 2 is 2.21 bits per heavy atom. The number of carbonyl (C=O) groups is 1. The van der Waals surface area contributed by atoms with Crippen LogP contribution in [0.2, 0.25) is 0 Å². The van der Waals surface area contributed by atoms with E-state index in [1.165, 1.54) is 7.11 Å². The first-order chi connectivity index (χ1) is 11.7. The number of aromatic nitrogens is 3. The average molecular weight is 326 g/mol. The van der Waals surface area contributed by atoms with E-state index in [2.05, 4.69) is 27.2 Å². The van der Waals surface area contributed by atoms with Gasteiger partial charge in [0, 0.05) is 24.0 Å². The predicted octanol–water partition coefficient (Wildman–Crippen LogP) is 2.85. The molecule has 6 nitrogen and oxygen atoms in total. The van der Waals surface area contributed by atoms with Gasteiger partial charge in [0.1, 0.15) is 11.5 Å². The van der Waals surface area contributed by atoms with Gasteiger partial charge in [-0.05, 0) is 37.8 Å². The number of aryl methyl sites for hydroxylation is 1. The van der Waals surface area contributed by atoms with E-state index in [4.69, 9.17) is 4.74 Å². The summed E-state index contributed by atoms with van der Waals surface area (Å²) in [5.41, 5.74) is 1.73. The topological polar surface area (TPSA) is 77.0 Å². The van der Waals surface area contributed by atoms with Crippen molar-refractivity contribution in [1.82, 2.24) is 15.0 Å². The molecule has 6 heteroatoms. The zero-order valence-electron chi connectivity index (χ0n) is 14.0. The zero-order chi connectivity index (χ0) is 16.9. The first-order valence-corrected chi connectivity index (χ1v) is 8.33. The molecule has 2 heterocycles. The highest BCUT2D eigenvalue weighted by atomic mass is 16.5. The zero-order valence-corrected chi connectivity index (χ0v) is 14.0. The summed E-state index contributed by atoms with van der Waals surface area (Å²) in [6.45, 7) is 2.07. The standard InChI is InChI=1S/C18H22N4O2/c1-3-13-11-16(20-14-8-7-12(10-14)18(23)24-2)22-17(21-13)15-6-4-5-9-19-15/h4-6,9,11-12,14H,3,7-8,10H2,1-2H3,(H,20,21,22)/t12-,14+/m0/s1. The van der Waals surface area contributed by atoms with Crippen LogP contribution in [0.5, 0.6) is 0 Å². The number of anilines is 1. The molecule has 1 aliphatic rings. The molecule has 24 heavy (non-hydrogen) atoms. The maximum atomic E-state index is 11.7. The van der Waals surface area contributed by atoms with Crippen molar-refractivity contribution in [3.63, 3.8) is 0 Å². The van der Waals surface area contributed by atoms with Crippen LogP contribution in [0.1, 0.15) is 31.9 Å². The maximum Gasteiger partial charge on any atom is 0.308 e. The average Bonchev–Trinajstić information content (AvgIpc) is 3.10. The van der Waals surface area contributed by atoms with Crippen LogP contribution < -0.4 is 5.32 Å². The van der Waals surface area contributed by atoms with Crippen molar-refractivity contribution in [3.8, 4) is 11.5 Å². The molecule has 0 aromatic carbocycles. The molecule has 0 bridgehead atoms. The van der Waals surface area contributed by atoms with Gasteiger partial charge in [0.25, 0.3) is 0 Å². The van der Waals surface area contributed by atoms with Crippen molar-refractivity contribution in [1.29, 1.82) is 0 Å². The van der Waals surface area contributed by atoms with Gasteiger partial charge in [-0.3, -0.25) is 9.78 Å². The number of nitrogens with zero attached hydrogens (tertiary/aromatic N) is 3. The Morgan fingerprint density at radius 1 is 1.33 bits per heavy atom. The van der Waals surface area contributed by atoms with E-state index in [-0.39, 0.29) is 17.9 Å². The quantitative estimate of drug-likeness (QED) is 0.851. The molecule has 1 N–H and O–H groups in total. The first kappa shape index (κ1) is 16.4. The van der Waals surface area contributed by atoms with E-state index in [1.807, 2.05) is 24.3 Å². The maximum absolute atomic E-state index is 11.7. The molecule has 2 aromatic rings. The number of pyridine rings is 1. The smallest absolute Gasteiger partial charge is 0.308 e. The van der Waals surface area contributed by atoms with Gasteiger partial charge in [-0.2, -0.15) is 0 Å². The summed E-state index contributed by atoms with van der Waals surface area (Å²) in [6.07, 6.45) is 5.12. The van der Waals surface area contributed by atoms with Gasteiger partial charge in [-0.15, -0.1) is 0 Å². The third-order valence-electron chi connectivity index (χ3n) is 4.35. The Morgan fingerprint density at radius 3 is 2.92 bits per heavy atom. The molecule has 0 aliphatic heterocycles. The van der Waals surface area contributed by atoms with E-state index in [0.29, 0.717) is 5.82 Å². The van der Waals surface area contributed by atoms with Crippen molar-refractivity contribution in [2.45, 2.75) is 38.6 Å². The van der Waals surface area contributed by atoms with E-state index >= 15 is 0 Å². The number of hydrogen-bond donors (Lipinski definition) is 1. The minimum atomic E-state index is -0.120. The summed E-state index contributed by atoms with van der Waals surface area (Å²) in [4.78, 5) is 25.2. The molecule has 2 atom stereocenters. The van der Waals surface area contributed by atoms with Gasteiger partial charge in [0.15, 0.2) is 5.82 Å². The lowest BCUT2D eigenvalue weighted by atomic mass is 10.1. The molecule has 0 amide bonds. The SMILES string of the molecule is CCc1cc(N[C@@H]2CC[C@H](C(=O)OC)C2)nc(-c2ccccn2)n1. The first-order valence-electron chi connectivity index (χ1n) is 8.33. The summed E-state index contributed by atoms with van der Waals surface area (Å²) in [5, 5.41) is 3.45. The highest BCUT2D eigenvalue weighted by molar-refractivity contribution is 5.72. The number of ether oxygens (including phenoxy) is 1. The van der Waals surface area contributed by atoms with E-state index in [1.54, 1.807) is 6.20 Å². The largest absolute Gasteiger partial charge is 0.469 e. The van der Waals surface area contributed by atoms with Gasteiger partial charge in [-0.25, -0.2) is 9.97 Å². The fourth-order valence-corrected chi connectivity index (χ4v) is 3.06. The summed E-state index contributed by atoms with van der Waals surface area (Å²) in [6, 6.07) is 7.90. The molecule has 3 rings (SSSR count). The molecule has 1 saturated carbocycles. The van der Waals surface area contributed by atoms with Crippen molar-refractivity contribution >= 4 is 11.8 Å². The summed E-state index contributed by atoms with van der Waals surface area (Å²) >= 11 is 0. The van der Waals surface area contributed by atoms with Crippen molar-refractivity contribution < 1.29 is 9.53 Å². The Labute approximate surface area is 141 Å². The van der Waals surface area contributed by atoms with E-state index in [0.717, 1.165) is 42.9 Å². The van der Waals surface area contributed by atoms with Crippen LogP contribution in [-0.4, -0.2) is 34.1 Å². The molecular weight excluding hydrogens is 304 g/mol. The number of carbonyl (C=O) groups excluding carboxylic acids is 1. The fraction of sp³-hybridized carbons (Fsp3) is 0.444. The second-order valence-electron chi connectivity index (χ2n) is 6.01. The third kappa shape index (κ3) is 3.69. The van der Waals surface area contributed by atoms with Gasteiger partial charge in [0.2, 0.25) is 0 Å². The summed E-state index contributed by atoms with van der Waals surface area (Å²) in [5.74, 6) is 1.28. The molecule has 0 spiro atoms. The van der Waals surface area contributed by atoms with Gasteiger partial charge < -0.3 is 10.1 Å². The highest BCUT2D eigenvalue weighted by Crippen LogP contribution is 2.29. The molecule has 0 radical (unpaired) electrons. The number of hydrogen-bond acceptors (Lipinski definition) is 6. The summed E-state index contributed by atoms with van der Waals surface area (Å²) < 4.78 is 4.85. The molecule has 1 aliphatic carbocycles. The lowest BCUT2D eigenvalue weighted by Crippen LogP contribution is -2.19. The monoisotopic (exact) mass is 326 g/mol. The van der Waals surface area contributed by atoms with Crippen LogP contribution in [0.15, 0.2) is 30.5 Å². The van der Waals surface area contributed by atoms with Crippen molar-refractivity contribution in [3.05, 3.63) is 36.2 Å². The second-order valence-corrected chi connectivity index (χ2v) is 6.01. The van der Waals surface area contributed by atoms with Crippen LogP contribution in [-0.2, 0) is 16.0 Å². The van der Waals surface area contributed by atoms with Crippen LogP contribution in [0.3, 0.4) is 0 Å². The fourth-order valence-electron chi connectivity index (χ4n) is 3.06. The summed E-state index contributed by atoms with van der Waals surface area (Å²) in [7, 11) is 1.44. The molecule has 126 valence electrons. The second kappa shape index (κ2) is 7.38. The van der Waals surface area contributed by atoms with E-state index < -0.39 is 0 Å². The number of rotatable bonds is 5. The lowest BCUT2D eigenvalue weighted by molar-refractivity contribution is -0.145. The highest BCUT2D eigenvalue weighted by Gasteiger charge is 2.30. The number of methoxy groups -OCH3 is 1. The molecular formula is C18H22N4O2. The normalized spacial score (nSPS) is 19.9. The lowest BCUT2D eigenvalue weighted by Gasteiger charge is -2.15. The third-order valence-corrected chi connectivity index (χ3v) is 4.35. The van der Waals surface area contributed by atoms with Crippen molar-refractivity contribution in [2.24, 2.45) is 5.92 Å². The number of esters is 1. The minimum Gasteiger partial charge on any atom is -0.469 e. The molecule has 2 aromatic heterocycles. The van der Waals surface area contributed by atoms with Crippen LogP contribution in [0.4, 0.5) is 5.82 Å².